The van der Waals surface area contributed by atoms with Gasteiger partial charge in [-0.2, -0.15) is 0 Å². The third-order valence-electron chi connectivity index (χ3n) is 4.77. The maximum Gasteiger partial charge on any atom is 0.249 e. The van der Waals surface area contributed by atoms with Crippen molar-refractivity contribution in [3.63, 3.8) is 0 Å². The van der Waals surface area contributed by atoms with Gasteiger partial charge in [-0.3, -0.25) is 4.79 Å². The van der Waals surface area contributed by atoms with Crippen molar-refractivity contribution in [2.45, 2.75) is 20.3 Å². The van der Waals surface area contributed by atoms with Gasteiger partial charge in [0.25, 0.3) is 0 Å². The molecule has 31 heavy (non-hydrogen) atoms. The lowest BCUT2D eigenvalue weighted by atomic mass is 10.1. The van der Waals surface area contributed by atoms with E-state index < -0.39 is 0 Å². The number of benzene rings is 2. The highest BCUT2D eigenvalue weighted by atomic mass is 32.1. The maximum absolute atomic E-state index is 12.4. The van der Waals surface area contributed by atoms with Crippen LogP contribution in [0, 0.1) is 6.92 Å². The zero-order valence-corrected chi connectivity index (χ0v) is 18.3. The molecule has 0 fully saturated rings. The van der Waals surface area contributed by atoms with Crippen LogP contribution in [0.15, 0.2) is 79.0 Å². The molecule has 5 heteroatoms. The highest BCUT2D eigenvalue weighted by Gasteiger charge is 2.15. The summed E-state index contributed by atoms with van der Waals surface area (Å²) >= 11 is 1.68. The van der Waals surface area contributed by atoms with E-state index in [1.807, 2.05) is 42.5 Å². The number of amides is 1. The summed E-state index contributed by atoms with van der Waals surface area (Å²) in [5.74, 6) is 0.299. The first kappa shape index (κ1) is 20.7. The minimum absolute atomic E-state index is 0.217. The predicted molar refractivity (Wildman–Crippen MR) is 129 cm³/mol. The normalized spacial score (nSPS) is 11.0. The number of nitrogens with zero attached hydrogens (tertiary/aromatic N) is 2. The highest BCUT2D eigenvalue weighted by Crippen LogP contribution is 2.37. The van der Waals surface area contributed by atoms with E-state index in [2.05, 4.69) is 48.4 Å². The van der Waals surface area contributed by atoms with E-state index in [0.717, 1.165) is 38.7 Å². The molecule has 0 spiro atoms. The van der Waals surface area contributed by atoms with Crippen molar-refractivity contribution >= 4 is 29.1 Å². The van der Waals surface area contributed by atoms with Gasteiger partial charge in [-0.05, 0) is 48.7 Å². The summed E-state index contributed by atoms with van der Waals surface area (Å²) < 4.78 is 0. The van der Waals surface area contributed by atoms with Gasteiger partial charge >= 0.3 is 0 Å². The number of anilines is 1. The van der Waals surface area contributed by atoms with E-state index in [4.69, 9.17) is 4.98 Å². The van der Waals surface area contributed by atoms with Gasteiger partial charge < -0.3 is 5.32 Å². The molecule has 0 aliphatic rings. The summed E-state index contributed by atoms with van der Waals surface area (Å²) in [6.07, 6.45) is 5.90. The van der Waals surface area contributed by atoms with Crippen molar-refractivity contribution in [3.05, 3.63) is 95.1 Å². The number of aromatic nitrogens is 2. The van der Waals surface area contributed by atoms with E-state index in [1.165, 1.54) is 11.6 Å². The van der Waals surface area contributed by atoms with Crippen LogP contribution < -0.4 is 5.32 Å². The number of hydrogen-bond donors (Lipinski definition) is 1. The summed E-state index contributed by atoms with van der Waals surface area (Å²) in [6.45, 7) is 4.19. The standard InChI is InChI=1S/C26H23N3OS/c1-3-24-29-25(20-11-7-8-18(2)16-20)26(31-24)21-14-15-27-22(17-21)28-23(30)13-12-19-9-5-4-6-10-19/h4-17H,3H2,1-2H3,(H,27,28,30). The molecule has 2 aromatic heterocycles. The number of carbonyl (C=O) groups is 1. The molecule has 4 nitrogen and oxygen atoms in total. The van der Waals surface area contributed by atoms with Gasteiger partial charge in [-0.15, -0.1) is 11.3 Å². The SMILES string of the molecule is CCc1nc(-c2cccc(C)c2)c(-c2ccnc(NC(=O)C=Cc3ccccc3)c2)s1. The van der Waals surface area contributed by atoms with Crippen molar-refractivity contribution < 1.29 is 4.79 Å². The molecule has 0 bridgehead atoms. The lowest BCUT2D eigenvalue weighted by Crippen LogP contribution is -2.09. The Morgan fingerprint density at radius 2 is 1.87 bits per heavy atom. The molecule has 1 N–H and O–H groups in total. The molecular weight excluding hydrogens is 402 g/mol. The first-order valence-corrected chi connectivity index (χ1v) is 11.0. The van der Waals surface area contributed by atoms with Gasteiger partial charge in [0.1, 0.15) is 5.82 Å². The van der Waals surface area contributed by atoms with E-state index in [1.54, 1.807) is 23.6 Å². The average Bonchev–Trinajstić information content (AvgIpc) is 3.23. The summed E-state index contributed by atoms with van der Waals surface area (Å²) in [4.78, 5) is 22.6. The molecule has 0 saturated heterocycles. The Bertz CT molecular complexity index is 1230. The van der Waals surface area contributed by atoms with Crippen LogP contribution in [-0.2, 0) is 11.2 Å². The summed E-state index contributed by atoms with van der Waals surface area (Å²) in [7, 11) is 0. The molecule has 0 radical (unpaired) electrons. The molecule has 154 valence electrons. The van der Waals surface area contributed by atoms with E-state index in [0.29, 0.717) is 5.82 Å². The zero-order chi connectivity index (χ0) is 21.6. The van der Waals surface area contributed by atoms with Gasteiger partial charge in [-0.25, -0.2) is 9.97 Å². The first-order chi connectivity index (χ1) is 15.1. The quantitative estimate of drug-likeness (QED) is 0.364. The van der Waals surface area contributed by atoms with Crippen molar-refractivity contribution in [1.82, 2.24) is 9.97 Å². The molecule has 0 aliphatic carbocycles. The monoisotopic (exact) mass is 425 g/mol. The van der Waals surface area contributed by atoms with Crippen LogP contribution in [0.1, 0.15) is 23.1 Å². The molecule has 0 saturated carbocycles. The fraction of sp³-hybridized carbons (Fsp3) is 0.115. The lowest BCUT2D eigenvalue weighted by molar-refractivity contribution is -0.111. The Labute approximate surface area is 186 Å². The van der Waals surface area contributed by atoms with Crippen LogP contribution in [-0.4, -0.2) is 15.9 Å². The van der Waals surface area contributed by atoms with Gasteiger partial charge in [0.2, 0.25) is 5.91 Å². The second-order valence-electron chi connectivity index (χ2n) is 7.17. The Hall–Kier alpha value is -3.57. The van der Waals surface area contributed by atoms with Gasteiger partial charge in [0.05, 0.1) is 15.6 Å². The first-order valence-electron chi connectivity index (χ1n) is 10.2. The van der Waals surface area contributed by atoms with Crippen LogP contribution in [0.3, 0.4) is 0 Å². The summed E-state index contributed by atoms with van der Waals surface area (Å²) in [5, 5.41) is 3.94. The minimum atomic E-state index is -0.217. The van der Waals surface area contributed by atoms with E-state index in [-0.39, 0.29) is 5.91 Å². The number of aryl methyl sites for hydroxylation is 2. The van der Waals surface area contributed by atoms with Crippen molar-refractivity contribution in [3.8, 4) is 21.7 Å². The van der Waals surface area contributed by atoms with Crippen LogP contribution in [0.5, 0.6) is 0 Å². The zero-order valence-electron chi connectivity index (χ0n) is 17.5. The van der Waals surface area contributed by atoms with E-state index >= 15 is 0 Å². The fourth-order valence-electron chi connectivity index (χ4n) is 3.24. The number of thiazole rings is 1. The number of rotatable bonds is 6. The largest absolute Gasteiger partial charge is 0.307 e. The highest BCUT2D eigenvalue weighted by molar-refractivity contribution is 7.15. The number of pyridine rings is 1. The van der Waals surface area contributed by atoms with Gasteiger partial charge in [0, 0.05) is 17.8 Å². The molecule has 2 aromatic carbocycles. The molecule has 0 atom stereocenters. The summed E-state index contributed by atoms with van der Waals surface area (Å²) in [6, 6.07) is 22.0. The Morgan fingerprint density at radius 1 is 1.03 bits per heavy atom. The van der Waals surface area contributed by atoms with Crippen LogP contribution in [0.2, 0.25) is 0 Å². The summed E-state index contributed by atoms with van der Waals surface area (Å²) in [5.41, 5.74) is 5.23. The smallest absolute Gasteiger partial charge is 0.249 e. The third-order valence-corrected chi connectivity index (χ3v) is 6.01. The van der Waals surface area contributed by atoms with Crippen LogP contribution in [0.25, 0.3) is 27.8 Å². The van der Waals surface area contributed by atoms with Crippen molar-refractivity contribution in [1.29, 1.82) is 0 Å². The topological polar surface area (TPSA) is 54.9 Å². The van der Waals surface area contributed by atoms with Crippen LogP contribution >= 0.6 is 11.3 Å². The lowest BCUT2D eigenvalue weighted by Gasteiger charge is -2.06. The molecule has 2 heterocycles. The minimum Gasteiger partial charge on any atom is -0.307 e. The molecule has 4 rings (SSSR count). The van der Waals surface area contributed by atoms with Gasteiger partial charge in [0.15, 0.2) is 0 Å². The second-order valence-corrected chi connectivity index (χ2v) is 8.26. The van der Waals surface area contributed by atoms with E-state index in [9.17, 15) is 4.79 Å². The maximum atomic E-state index is 12.4. The number of nitrogens with one attached hydrogen (secondary N) is 1. The molecular formula is C26H23N3OS. The average molecular weight is 426 g/mol. The number of hydrogen-bond acceptors (Lipinski definition) is 4. The molecule has 0 aliphatic heterocycles. The second kappa shape index (κ2) is 9.49. The third kappa shape index (κ3) is 5.13. The Balaban J connectivity index is 1.61. The van der Waals surface area contributed by atoms with Gasteiger partial charge in [-0.1, -0.05) is 61.0 Å². The van der Waals surface area contributed by atoms with Crippen molar-refractivity contribution in [2.24, 2.45) is 0 Å². The fourth-order valence-corrected chi connectivity index (χ4v) is 4.27. The molecule has 1 amide bonds. The molecule has 0 unspecified atom stereocenters. The number of carbonyl (C=O) groups excluding carboxylic acids is 1. The van der Waals surface area contributed by atoms with Crippen LogP contribution in [0.4, 0.5) is 5.82 Å². The predicted octanol–water partition coefficient (Wildman–Crippen LogP) is 6.39. The van der Waals surface area contributed by atoms with Crippen molar-refractivity contribution in [2.75, 3.05) is 5.32 Å². The Morgan fingerprint density at radius 3 is 2.65 bits per heavy atom. The molecule has 4 aromatic rings. The Kier molecular flexibility index (Phi) is 6.34.